The average molecular weight is 368 g/mol. The fourth-order valence-electron chi connectivity index (χ4n) is 2.57. The minimum absolute atomic E-state index is 0.0274. The van der Waals surface area contributed by atoms with Crippen LogP contribution in [0.25, 0.3) is 10.9 Å². The molecule has 2 aromatic carbocycles. The molecule has 3 N–H and O–H groups in total. The summed E-state index contributed by atoms with van der Waals surface area (Å²) in [5, 5.41) is 28.9. The maximum absolute atomic E-state index is 12.3. The lowest BCUT2D eigenvalue weighted by atomic mass is 10.1. The Balaban J connectivity index is 1.73. The highest BCUT2D eigenvalue weighted by Crippen LogP contribution is 2.11. The van der Waals surface area contributed by atoms with Gasteiger partial charge in [-0.25, -0.2) is 9.48 Å². The lowest BCUT2D eigenvalue weighted by Gasteiger charge is -2.15. The fraction of sp³-hybridized carbons (Fsp3) is 0.167. The summed E-state index contributed by atoms with van der Waals surface area (Å²) in [6, 6.07) is 11.4. The summed E-state index contributed by atoms with van der Waals surface area (Å²) in [6.45, 7) is -0.448. The number of carboxylic acids is 1. The molecule has 0 saturated heterocycles. The number of carbonyl (C=O) groups is 2. The van der Waals surface area contributed by atoms with Crippen molar-refractivity contribution in [2.24, 2.45) is 0 Å². The highest BCUT2D eigenvalue weighted by Gasteiger charge is 2.21. The van der Waals surface area contributed by atoms with E-state index in [1.54, 1.807) is 36.4 Å². The third kappa shape index (κ3) is 4.27. The van der Waals surface area contributed by atoms with Gasteiger partial charge < -0.3 is 15.5 Å². The molecular formula is C18H16N4O5. The van der Waals surface area contributed by atoms with Crippen LogP contribution in [0.2, 0.25) is 0 Å². The van der Waals surface area contributed by atoms with E-state index in [9.17, 15) is 24.6 Å². The van der Waals surface area contributed by atoms with Gasteiger partial charge in [0.1, 0.15) is 23.9 Å². The molecule has 0 bridgehead atoms. The number of phenols is 1. The number of nitrogens with zero attached hydrogens (tertiary/aromatic N) is 3. The molecule has 3 aromatic rings. The number of phenolic OH excluding ortho intramolecular Hbond substituents is 1. The summed E-state index contributed by atoms with van der Waals surface area (Å²) < 4.78 is 0.886. The number of aromatic nitrogens is 3. The SMILES string of the molecule is O=C(Cn1nnc2ccccc2c1=O)N[C@H](Cc1ccc(O)cc1)C(=O)O. The lowest BCUT2D eigenvalue weighted by Crippen LogP contribution is -2.45. The Kier molecular flexibility index (Phi) is 5.11. The number of aromatic hydroxyl groups is 1. The van der Waals surface area contributed by atoms with Gasteiger partial charge in [-0.05, 0) is 29.8 Å². The third-order valence-electron chi connectivity index (χ3n) is 3.93. The van der Waals surface area contributed by atoms with Crippen LogP contribution >= 0.6 is 0 Å². The largest absolute Gasteiger partial charge is 0.508 e. The Bertz CT molecular complexity index is 1050. The Morgan fingerprint density at radius 2 is 1.81 bits per heavy atom. The Morgan fingerprint density at radius 3 is 2.52 bits per heavy atom. The number of amides is 1. The van der Waals surface area contributed by atoms with E-state index in [2.05, 4.69) is 15.6 Å². The minimum atomic E-state index is -1.21. The molecule has 0 aliphatic heterocycles. The summed E-state index contributed by atoms with van der Waals surface area (Å²) in [5.41, 5.74) is 0.555. The molecule has 1 heterocycles. The molecule has 3 rings (SSSR count). The molecule has 9 heteroatoms. The molecule has 138 valence electrons. The van der Waals surface area contributed by atoms with Crippen LogP contribution in [0, 0.1) is 0 Å². The zero-order chi connectivity index (χ0) is 19.4. The Morgan fingerprint density at radius 1 is 1.11 bits per heavy atom. The predicted molar refractivity (Wildman–Crippen MR) is 95.2 cm³/mol. The first kappa shape index (κ1) is 18.1. The summed E-state index contributed by atoms with van der Waals surface area (Å²) >= 11 is 0. The van der Waals surface area contributed by atoms with Crippen LogP contribution in [0.4, 0.5) is 0 Å². The molecule has 1 amide bonds. The van der Waals surface area contributed by atoms with Gasteiger partial charge in [-0.1, -0.05) is 29.5 Å². The van der Waals surface area contributed by atoms with Gasteiger partial charge in [0.15, 0.2) is 0 Å². The number of rotatable bonds is 6. The molecular weight excluding hydrogens is 352 g/mol. The summed E-state index contributed by atoms with van der Waals surface area (Å²) in [5.74, 6) is -1.83. The molecule has 0 aliphatic carbocycles. The van der Waals surface area contributed by atoms with Crippen molar-refractivity contribution < 1.29 is 19.8 Å². The van der Waals surface area contributed by atoms with Gasteiger partial charge in [-0.15, -0.1) is 5.10 Å². The molecule has 0 aliphatic rings. The Hall–Kier alpha value is -3.75. The second-order valence-corrected chi connectivity index (χ2v) is 5.90. The van der Waals surface area contributed by atoms with Gasteiger partial charge in [0.25, 0.3) is 5.56 Å². The van der Waals surface area contributed by atoms with E-state index in [1.807, 2.05) is 0 Å². The van der Waals surface area contributed by atoms with E-state index in [4.69, 9.17) is 0 Å². The molecule has 27 heavy (non-hydrogen) atoms. The highest BCUT2D eigenvalue weighted by molar-refractivity contribution is 5.84. The molecule has 1 atom stereocenters. The summed E-state index contributed by atoms with van der Waals surface area (Å²) in [7, 11) is 0. The second-order valence-electron chi connectivity index (χ2n) is 5.90. The topological polar surface area (TPSA) is 134 Å². The molecule has 9 nitrogen and oxygen atoms in total. The van der Waals surface area contributed by atoms with Crippen molar-refractivity contribution >= 4 is 22.8 Å². The van der Waals surface area contributed by atoms with E-state index >= 15 is 0 Å². The highest BCUT2D eigenvalue weighted by atomic mass is 16.4. The van der Waals surface area contributed by atoms with E-state index < -0.39 is 30.0 Å². The lowest BCUT2D eigenvalue weighted by molar-refractivity contribution is -0.141. The number of aliphatic carboxylic acids is 1. The number of fused-ring (bicyclic) bond motifs is 1. The summed E-state index contributed by atoms with van der Waals surface area (Å²) in [4.78, 5) is 36.0. The second kappa shape index (κ2) is 7.65. The maximum atomic E-state index is 12.3. The molecule has 0 unspecified atom stereocenters. The third-order valence-corrected chi connectivity index (χ3v) is 3.93. The smallest absolute Gasteiger partial charge is 0.326 e. The number of carboxylic acid groups (broad SMARTS) is 1. The standard InChI is InChI=1S/C18H16N4O5/c23-12-7-5-11(6-8-12)9-15(18(26)27)19-16(24)10-22-17(25)13-3-1-2-4-14(13)20-21-22/h1-8,15,23H,9-10H2,(H,19,24)(H,26,27)/t15-/m1/s1. The van der Waals surface area contributed by atoms with Crippen LogP contribution in [-0.4, -0.2) is 43.1 Å². The molecule has 0 radical (unpaired) electrons. The number of hydrogen-bond acceptors (Lipinski definition) is 6. The van der Waals surface area contributed by atoms with Crippen molar-refractivity contribution in [2.75, 3.05) is 0 Å². The summed E-state index contributed by atoms with van der Waals surface area (Å²) in [6.07, 6.45) is 0.0274. The van der Waals surface area contributed by atoms with Gasteiger partial charge in [0, 0.05) is 6.42 Å². The van der Waals surface area contributed by atoms with Crippen molar-refractivity contribution in [1.82, 2.24) is 20.3 Å². The van der Waals surface area contributed by atoms with Crippen LogP contribution in [-0.2, 0) is 22.6 Å². The van der Waals surface area contributed by atoms with Crippen LogP contribution in [0.1, 0.15) is 5.56 Å². The first-order valence-corrected chi connectivity index (χ1v) is 8.06. The van der Waals surface area contributed by atoms with Gasteiger partial charge in [0.2, 0.25) is 5.91 Å². The monoisotopic (exact) mass is 368 g/mol. The first-order chi connectivity index (χ1) is 12.9. The molecule has 1 aromatic heterocycles. The number of benzene rings is 2. The quantitative estimate of drug-likeness (QED) is 0.570. The van der Waals surface area contributed by atoms with Gasteiger partial charge >= 0.3 is 5.97 Å². The van der Waals surface area contributed by atoms with E-state index in [1.165, 1.54) is 12.1 Å². The van der Waals surface area contributed by atoms with Crippen molar-refractivity contribution in [2.45, 2.75) is 19.0 Å². The van der Waals surface area contributed by atoms with Gasteiger partial charge in [0.05, 0.1) is 5.39 Å². The van der Waals surface area contributed by atoms with E-state index in [0.29, 0.717) is 16.5 Å². The van der Waals surface area contributed by atoms with Crippen LogP contribution in [0.5, 0.6) is 5.75 Å². The first-order valence-electron chi connectivity index (χ1n) is 8.06. The number of hydrogen-bond donors (Lipinski definition) is 3. The Labute approximate surface area is 152 Å². The average Bonchev–Trinajstić information content (AvgIpc) is 2.65. The minimum Gasteiger partial charge on any atom is -0.508 e. The molecule has 0 saturated carbocycles. The van der Waals surface area contributed by atoms with E-state index in [-0.39, 0.29) is 12.2 Å². The van der Waals surface area contributed by atoms with Crippen molar-refractivity contribution in [1.29, 1.82) is 0 Å². The van der Waals surface area contributed by atoms with Gasteiger partial charge in [-0.2, -0.15) is 0 Å². The fourth-order valence-corrected chi connectivity index (χ4v) is 2.57. The maximum Gasteiger partial charge on any atom is 0.326 e. The number of nitrogens with one attached hydrogen (secondary N) is 1. The van der Waals surface area contributed by atoms with E-state index in [0.717, 1.165) is 4.68 Å². The number of carbonyl (C=O) groups excluding carboxylic acids is 1. The zero-order valence-corrected chi connectivity index (χ0v) is 14.1. The predicted octanol–water partition coefficient (Wildman–Crippen LogP) is 0.309. The normalized spacial score (nSPS) is 11.9. The zero-order valence-electron chi connectivity index (χ0n) is 14.1. The van der Waals surface area contributed by atoms with Gasteiger partial charge in [-0.3, -0.25) is 9.59 Å². The molecule has 0 fully saturated rings. The van der Waals surface area contributed by atoms with Crippen LogP contribution < -0.4 is 10.9 Å². The van der Waals surface area contributed by atoms with Crippen molar-refractivity contribution in [3.05, 3.63) is 64.4 Å². The molecule has 0 spiro atoms. The van der Waals surface area contributed by atoms with Crippen LogP contribution in [0.3, 0.4) is 0 Å². The van der Waals surface area contributed by atoms with Crippen molar-refractivity contribution in [3.63, 3.8) is 0 Å². The van der Waals surface area contributed by atoms with Crippen molar-refractivity contribution in [3.8, 4) is 5.75 Å². The van der Waals surface area contributed by atoms with Crippen LogP contribution in [0.15, 0.2) is 53.3 Å².